The van der Waals surface area contributed by atoms with Crippen molar-refractivity contribution >= 4 is 89.4 Å². The molecule has 360 valence electrons. The molecule has 12 rings (SSSR count). The minimum absolute atomic E-state index is 0. The van der Waals surface area contributed by atoms with Crippen molar-refractivity contribution in [3.05, 3.63) is 121 Å². The number of anilines is 5. The number of rotatable bonds is 9. The predicted octanol–water partition coefficient (Wildman–Crippen LogP) is 10.2. The van der Waals surface area contributed by atoms with Gasteiger partial charge in [0.1, 0.15) is 44.9 Å². The van der Waals surface area contributed by atoms with Gasteiger partial charge in [-0.15, -0.1) is 12.4 Å². The Morgan fingerprint density at radius 2 is 1.11 bits per heavy atom. The Bertz CT molecular complexity index is 3310. The van der Waals surface area contributed by atoms with Crippen molar-refractivity contribution in [3.63, 3.8) is 0 Å². The molecule has 3 N–H and O–H groups in total. The van der Waals surface area contributed by atoms with E-state index in [4.69, 9.17) is 25.3 Å². The van der Waals surface area contributed by atoms with Crippen LogP contribution in [-0.2, 0) is 0 Å². The molecule has 8 aromatic rings. The van der Waals surface area contributed by atoms with E-state index in [9.17, 15) is 24.4 Å². The number of fused-ring (bicyclic) bond motifs is 2. The number of β-amino-alcohol motifs (C(OH)–C–C–N with tert-alkyl or cyclic N) is 2. The molecule has 4 aliphatic rings. The third-order valence-electron chi connectivity index (χ3n) is 12.6. The van der Waals surface area contributed by atoms with Crippen LogP contribution in [0.1, 0.15) is 70.0 Å². The summed E-state index contributed by atoms with van der Waals surface area (Å²) in [6.45, 7) is 6.92. The van der Waals surface area contributed by atoms with Gasteiger partial charge >= 0.3 is 0 Å². The third-order valence-corrected chi connectivity index (χ3v) is 15.1. The van der Waals surface area contributed by atoms with Crippen molar-refractivity contribution in [1.29, 1.82) is 10.5 Å². The van der Waals surface area contributed by atoms with Gasteiger partial charge in [0.05, 0.1) is 46.0 Å². The molecule has 70 heavy (non-hydrogen) atoms. The number of aliphatic hydroxyl groups excluding tert-OH is 2. The molecule has 2 aliphatic heterocycles. The lowest BCUT2D eigenvalue weighted by Crippen LogP contribution is -2.50. The van der Waals surface area contributed by atoms with E-state index >= 15 is 0 Å². The van der Waals surface area contributed by atoms with Crippen molar-refractivity contribution < 1.29 is 19.0 Å². The molecule has 8 heterocycles. The number of benzene rings is 2. The Balaban J connectivity index is 0.000000157. The van der Waals surface area contributed by atoms with Crippen LogP contribution in [0.4, 0.5) is 36.1 Å². The molecule has 0 spiro atoms. The highest BCUT2D eigenvalue weighted by Crippen LogP contribution is 2.49. The normalized spacial score (nSPS) is 15.4. The van der Waals surface area contributed by atoms with Crippen molar-refractivity contribution in [2.75, 3.05) is 55.0 Å². The Morgan fingerprint density at radius 1 is 0.686 bits per heavy atom. The minimum atomic E-state index is -0.323. The summed E-state index contributed by atoms with van der Waals surface area (Å²) in [7, 11) is 3.93. The molecule has 20 heteroatoms. The molecule has 0 radical (unpaired) electrons. The van der Waals surface area contributed by atoms with Gasteiger partial charge < -0.3 is 30.2 Å². The molecule has 4 fully saturated rings. The van der Waals surface area contributed by atoms with Crippen molar-refractivity contribution in [2.24, 2.45) is 0 Å². The summed E-state index contributed by atoms with van der Waals surface area (Å²) in [5.74, 6) is 0.229. The number of nitrogens with one attached hydrogen (secondary N) is 1. The zero-order valence-corrected chi connectivity index (χ0v) is 42.6. The lowest BCUT2D eigenvalue weighted by Gasteiger charge is -2.38. The second kappa shape index (κ2) is 20.0. The minimum Gasteiger partial charge on any atom is -0.390 e. The van der Waals surface area contributed by atoms with Crippen molar-refractivity contribution in [1.82, 2.24) is 34.5 Å². The van der Waals surface area contributed by atoms with Crippen LogP contribution in [0.25, 0.3) is 33.5 Å². The van der Waals surface area contributed by atoms with Gasteiger partial charge in [0.2, 0.25) is 0 Å². The van der Waals surface area contributed by atoms with Gasteiger partial charge in [0, 0.05) is 84.8 Å². The predicted molar refractivity (Wildman–Crippen MR) is 276 cm³/mol. The summed E-state index contributed by atoms with van der Waals surface area (Å²) in [6, 6.07) is 25.0. The van der Waals surface area contributed by atoms with E-state index in [1.165, 1.54) is 46.9 Å². The van der Waals surface area contributed by atoms with Crippen molar-refractivity contribution in [2.45, 2.75) is 63.6 Å². The van der Waals surface area contributed by atoms with Crippen LogP contribution in [0.5, 0.6) is 0 Å². The fourth-order valence-electron chi connectivity index (χ4n) is 8.49. The number of nitrogens with zero attached hydrogens (tertiary/aromatic N) is 11. The van der Waals surface area contributed by atoms with E-state index in [2.05, 4.69) is 56.5 Å². The van der Waals surface area contributed by atoms with Gasteiger partial charge in [-0.2, -0.15) is 20.7 Å². The maximum atomic E-state index is 13.4. The fraction of sp³-hybridized carbons (Fsp3) is 0.320. The SMILES string of the molecule is Cc1cc(Br)cc2c(N(C)c3nc(-c4ccc(F)cc4)c(C#N)s3)c(C3CC3)nn12.Cc1cc(N2CC(O)C2)cc2c(N(C)c3nc(-c4ccc(F)cc4)c(C#N)s3)c(C3CC3)nn12.Cl.OC1CNC1. The average Bonchev–Trinajstić information content (AvgIpc) is 4.18. The highest BCUT2D eigenvalue weighted by molar-refractivity contribution is 9.10. The van der Waals surface area contributed by atoms with E-state index in [-0.39, 0.29) is 36.2 Å². The second-order valence-corrected chi connectivity index (χ2v) is 20.7. The lowest BCUT2D eigenvalue weighted by molar-refractivity contribution is 0.117. The quantitative estimate of drug-likeness (QED) is 0.125. The summed E-state index contributed by atoms with van der Waals surface area (Å²) in [5.41, 5.74) is 11.8. The van der Waals surface area contributed by atoms with Crippen molar-refractivity contribution in [3.8, 4) is 34.7 Å². The second-order valence-electron chi connectivity index (χ2n) is 17.9. The molecular weight excluding hydrogens is 1020 g/mol. The number of pyridine rings is 2. The molecule has 6 aromatic heterocycles. The number of nitriles is 2. The molecule has 14 nitrogen and oxygen atoms in total. The Labute approximate surface area is 425 Å². The van der Waals surface area contributed by atoms with E-state index in [1.54, 1.807) is 24.3 Å². The van der Waals surface area contributed by atoms with Crippen LogP contribution in [-0.4, -0.2) is 91.9 Å². The number of hydrogen-bond donors (Lipinski definition) is 3. The lowest BCUT2D eigenvalue weighted by atomic mass is 10.1. The highest BCUT2D eigenvalue weighted by Gasteiger charge is 2.35. The van der Waals surface area contributed by atoms with Gasteiger partial charge in [-0.1, -0.05) is 38.6 Å². The molecule has 0 unspecified atom stereocenters. The maximum absolute atomic E-state index is 13.4. The van der Waals surface area contributed by atoms with Gasteiger partial charge in [0.15, 0.2) is 10.3 Å². The first-order valence-electron chi connectivity index (χ1n) is 22.6. The first-order chi connectivity index (χ1) is 33.3. The van der Waals surface area contributed by atoms with E-state index in [0.717, 1.165) is 99.7 Å². The van der Waals surface area contributed by atoms with E-state index in [0.29, 0.717) is 61.9 Å². The molecule has 2 saturated carbocycles. The topological polar surface area (TPSA) is 170 Å². The Morgan fingerprint density at radius 3 is 1.50 bits per heavy atom. The first-order valence-corrected chi connectivity index (χ1v) is 25.1. The summed E-state index contributed by atoms with van der Waals surface area (Å²) >= 11 is 6.26. The molecule has 2 aliphatic carbocycles. The standard InChI is InChI=1S/C25H23FN6OS.C22H17BrFN5S.C3H7NO.ClH/c1-14-9-18(31-12-19(33)13-31)10-20-24(23(16-3-4-16)29-32(14)20)30(2)25-28-22(21(11-27)34-25)15-5-7-17(26)8-6-15;1-12-9-15(23)10-17-21(20(14-3-4-14)27-29(12)17)28(2)22-26-19(18(11-25)30-22)13-5-7-16(24)8-6-13;5-3-1-4-2-3;/h5-10,16,19,33H,3-4,12-13H2,1-2H3;5-10,14H,3-4H2,1-2H3;3-5H,1-2H2;1H. The molecule has 0 bridgehead atoms. The zero-order chi connectivity index (χ0) is 48.2. The number of halogens is 4. The van der Waals surface area contributed by atoms with E-state index in [1.807, 2.05) is 52.8 Å². The van der Waals surface area contributed by atoms with Gasteiger partial charge in [-0.05, 0) is 112 Å². The summed E-state index contributed by atoms with van der Waals surface area (Å²) in [5, 5.41) is 51.8. The number of thiazole rings is 2. The van der Waals surface area contributed by atoms with Crippen LogP contribution in [0.2, 0.25) is 0 Å². The summed E-state index contributed by atoms with van der Waals surface area (Å²) in [4.78, 5) is 16.8. The third kappa shape index (κ3) is 9.72. The fourth-order valence-corrected chi connectivity index (χ4v) is 10.8. The maximum Gasteiger partial charge on any atom is 0.191 e. The highest BCUT2D eigenvalue weighted by atomic mass is 79.9. The van der Waals surface area contributed by atoms with Crippen LogP contribution in [0.15, 0.2) is 77.3 Å². The molecule has 2 saturated heterocycles. The largest absolute Gasteiger partial charge is 0.390 e. The van der Waals surface area contributed by atoms with Gasteiger partial charge in [-0.25, -0.2) is 27.8 Å². The number of hydrogen-bond acceptors (Lipinski definition) is 14. The first kappa shape index (κ1) is 49.0. The Hall–Kier alpha value is -6.03. The number of aliphatic hydroxyl groups is 2. The Kier molecular flexibility index (Phi) is 14.0. The van der Waals surface area contributed by atoms with Gasteiger partial charge in [-0.3, -0.25) is 0 Å². The number of aromatic nitrogens is 6. The average molecular weight is 1070 g/mol. The van der Waals surface area contributed by atoms with Gasteiger partial charge in [0.25, 0.3) is 0 Å². The molecular formula is C50H48BrClF2N12O2S2. The monoisotopic (exact) mass is 1060 g/mol. The zero-order valence-electron chi connectivity index (χ0n) is 38.6. The smallest absolute Gasteiger partial charge is 0.191 e. The van der Waals surface area contributed by atoms with Crippen LogP contribution >= 0.6 is 51.0 Å². The number of aryl methyl sites for hydroxylation is 2. The molecule has 0 amide bonds. The summed E-state index contributed by atoms with van der Waals surface area (Å²) < 4.78 is 31.7. The molecule has 0 atom stereocenters. The van der Waals surface area contributed by atoms with Crippen LogP contribution in [0, 0.1) is 48.1 Å². The summed E-state index contributed by atoms with van der Waals surface area (Å²) in [6.07, 6.45) is 4.15. The van der Waals surface area contributed by atoms with E-state index < -0.39 is 0 Å². The van der Waals surface area contributed by atoms with Crippen LogP contribution in [0.3, 0.4) is 0 Å². The molecule has 2 aromatic carbocycles. The van der Waals surface area contributed by atoms with Crippen LogP contribution < -0.4 is 20.0 Å².